The molecule has 9 heteroatoms. The highest BCUT2D eigenvalue weighted by molar-refractivity contribution is 6.04. The Morgan fingerprint density at radius 1 is 1.12 bits per heavy atom. The van der Waals surface area contributed by atoms with Gasteiger partial charge in [-0.15, -0.1) is 0 Å². The van der Waals surface area contributed by atoms with Gasteiger partial charge in [-0.1, -0.05) is 18.2 Å². The molecule has 4 rings (SSSR count). The Labute approximate surface area is 191 Å². The number of ether oxygens (including phenoxy) is 2. The molecular formula is C24H26N4O5. The number of aromatic nitrogens is 1. The van der Waals surface area contributed by atoms with Crippen molar-refractivity contribution in [2.24, 2.45) is 0 Å². The van der Waals surface area contributed by atoms with Gasteiger partial charge in [0.05, 0.1) is 19.9 Å². The van der Waals surface area contributed by atoms with Gasteiger partial charge in [0.2, 0.25) is 5.91 Å². The van der Waals surface area contributed by atoms with Gasteiger partial charge in [0.25, 0.3) is 5.91 Å². The van der Waals surface area contributed by atoms with Crippen LogP contribution in [0.25, 0.3) is 10.9 Å². The van der Waals surface area contributed by atoms with Crippen molar-refractivity contribution in [3.05, 3.63) is 54.2 Å². The number of rotatable bonds is 9. The minimum atomic E-state index is -0.719. The molecule has 3 N–H and O–H groups in total. The van der Waals surface area contributed by atoms with Crippen LogP contribution in [-0.2, 0) is 16.0 Å². The third-order valence-corrected chi connectivity index (χ3v) is 5.73. The quantitative estimate of drug-likeness (QED) is 0.434. The summed E-state index contributed by atoms with van der Waals surface area (Å²) in [6.07, 6.45) is 2.73. The average Bonchev–Trinajstić information content (AvgIpc) is 3.36. The van der Waals surface area contributed by atoms with Gasteiger partial charge in [-0.3, -0.25) is 14.5 Å². The number of H-pyrrole nitrogens is 1. The molecule has 172 valence electrons. The predicted octanol–water partition coefficient (Wildman–Crippen LogP) is 3.07. The lowest BCUT2D eigenvalue weighted by Crippen LogP contribution is -2.33. The number of methoxy groups -OCH3 is 2. The Hall–Kier alpha value is -4.01. The SMILES string of the molecule is COc1ccc(NC(=O)CC[C@H]2NC(=O)N(CCc3c[nH]c4ccccc34)C2=O)c(OC)c1. The van der Waals surface area contributed by atoms with Gasteiger partial charge in [-0.25, -0.2) is 4.79 Å². The number of para-hydroxylation sites is 1. The second-order valence-corrected chi connectivity index (χ2v) is 7.75. The van der Waals surface area contributed by atoms with E-state index in [9.17, 15) is 14.4 Å². The van der Waals surface area contributed by atoms with Gasteiger partial charge in [-0.2, -0.15) is 0 Å². The summed E-state index contributed by atoms with van der Waals surface area (Å²) in [4.78, 5) is 41.9. The first-order chi connectivity index (χ1) is 16.0. The van der Waals surface area contributed by atoms with Crippen LogP contribution in [0, 0.1) is 0 Å². The van der Waals surface area contributed by atoms with E-state index in [-0.39, 0.29) is 31.2 Å². The monoisotopic (exact) mass is 450 g/mol. The number of nitrogens with one attached hydrogen (secondary N) is 3. The van der Waals surface area contributed by atoms with Crippen LogP contribution < -0.4 is 20.1 Å². The number of fused-ring (bicyclic) bond motifs is 1. The normalized spacial score (nSPS) is 15.6. The molecular weight excluding hydrogens is 424 g/mol. The lowest BCUT2D eigenvalue weighted by Gasteiger charge is -2.13. The molecule has 2 heterocycles. The fourth-order valence-electron chi connectivity index (χ4n) is 3.94. The molecule has 2 aromatic carbocycles. The molecule has 33 heavy (non-hydrogen) atoms. The summed E-state index contributed by atoms with van der Waals surface area (Å²) in [5.74, 6) is 0.487. The van der Waals surface area contributed by atoms with E-state index in [0.717, 1.165) is 16.5 Å². The summed E-state index contributed by atoms with van der Waals surface area (Å²) < 4.78 is 10.4. The van der Waals surface area contributed by atoms with Crippen LogP contribution in [0.1, 0.15) is 18.4 Å². The third kappa shape index (κ3) is 4.77. The maximum Gasteiger partial charge on any atom is 0.324 e. The zero-order chi connectivity index (χ0) is 23.4. The first kappa shape index (κ1) is 22.2. The zero-order valence-corrected chi connectivity index (χ0v) is 18.5. The van der Waals surface area contributed by atoms with E-state index in [1.165, 1.54) is 12.0 Å². The molecule has 0 bridgehead atoms. The second kappa shape index (κ2) is 9.64. The summed E-state index contributed by atoms with van der Waals surface area (Å²) in [6, 6.07) is 11.8. The van der Waals surface area contributed by atoms with Gasteiger partial charge in [0.1, 0.15) is 17.5 Å². The Balaban J connectivity index is 1.31. The number of imide groups is 1. The van der Waals surface area contributed by atoms with E-state index in [4.69, 9.17) is 9.47 Å². The molecule has 1 atom stereocenters. The highest BCUT2D eigenvalue weighted by Crippen LogP contribution is 2.29. The number of nitrogens with zero attached hydrogens (tertiary/aromatic N) is 1. The average molecular weight is 450 g/mol. The summed E-state index contributed by atoms with van der Waals surface area (Å²) in [5.41, 5.74) is 2.56. The topological polar surface area (TPSA) is 113 Å². The molecule has 4 amide bonds. The van der Waals surface area contributed by atoms with Crippen molar-refractivity contribution in [3.8, 4) is 11.5 Å². The third-order valence-electron chi connectivity index (χ3n) is 5.73. The molecule has 0 unspecified atom stereocenters. The first-order valence-corrected chi connectivity index (χ1v) is 10.7. The minimum Gasteiger partial charge on any atom is -0.497 e. The first-order valence-electron chi connectivity index (χ1n) is 10.7. The lowest BCUT2D eigenvalue weighted by molar-refractivity contribution is -0.127. The Morgan fingerprint density at radius 3 is 2.73 bits per heavy atom. The Kier molecular flexibility index (Phi) is 6.48. The van der Waals surface area contributed by atoms with E-state index in [2.05, 4.69) is 15.6 Å². The van der Waals surface area contributed by atoms with Crippen LogP contribution in [0.15, 0.2) is 48.7 Å². The standard InChI is InChI=1S/C24H26N4O5/c1-32-16-7-8-19(21(13-16)33-2)26-22(29)10-9-20-23(30)28(24(31)27-20)12-11-15-14-25-18-6-4-3-5-17(15)18/h3-8,13-14,20,25H,9-12H2,1-2H3,(H,26,29)(H,27,31)/t20-/m1/s1. The van der Waals surface area contributed by atoms with Gasteiger partial charge >= 0.3 is 6.03 Å². The molecule has 1 fully saturated rings. The number of anilines is 1. The Morgan fingerprint density at radius 2 is 1.94 bits per heavy atom. The van der Waals surface area contributed by atoms with Crippen LogP contribution in [0.3, 0.4) is 0 Å². The molecule has 9 nitrogen and oxygen atoms in total. The number of hydrogen-bond donors (Lipinski definition) is 3. The maximum absolute atomic E-state index is 12.8. The fraction of sp³-hybridized carbons (Fsp3) is 0.292. The van der Waals surface area contributed by atoms with E-state index < -0.39 is 12.1 Å². The van der Waals surface area contributed by atoms with Crippen molar-refractivity contribution in [2.45, 2.75) is 25.3 Å². The summed E-state index contributed by atoms with van der Waals surface area (Å²) in [5, 5.41) is 6.54. The van der Waals surface area contributed by atoms with E-state index in [1.807, 2.05) is 30.5 Å². The maximum atomic E-state index is 12.8. The number of urea groups is 1. The lowest BCUT2D eigenvalue weighted by atomic mass is 10.1. The number of amides is 4. The van der Waals surface area contributed by atoms with Crippen LogP contribution in [0.2, 0.25) is 0 Å². The van der Waals surface area contributed by atoms with E-state index >= 15 is 0 Å². The van der Waals surface area contributed by atoms with Crippen molar-refractivity contribution in [1.29, 1.82) is 0 Å². The fourth-order valence-corrected chi connectivity index (χ4v) is 3.94. The van der Waals surface area contributed by atoms with E-state index in [1.54, 1.807) is 25.3 Å². The smallest absolute Gasteiger partial charge is 0.324 e. The van der Waals surface area contributed by atoms with Crippen LogP contribution in [0.5, 0.6) is 11.5 Å². The number of carbonyl (C=O) groups excluding carboxylic acids is 3. The van der Waals surface area contributed by atoms with Crippen LogP contribution in [0.4, 0.5) is 10.5 Å². The van der Waals surface area contributed by atoms with Crippen LogP contribution in [-0.4, -0.2) is 54.5 Å². The number of carbonyl (C=O) groups is 3. The van der Waals surface area contributed by atoms with Gasteiger partial charge in [-0.05, 0) is 36.6 Å². The van der Waals surface area contributed by atoms with E-state index in [0.29, 0.717) is 23.6 Å². The summed E-state index contributed by atoms with van der Waals surface area (Å²) in [6.45, 7) is 0.276. The molecule has 0 spiro atoms. The van der Waals surface area contributed by atoms with Crippen molar-refractivity contribution in [2.75, 3.05) is 26.1 Å². The largest absolute Gasteiger partial charge is 0.497 e. The highest BCUT2D eigenvalue weighted by Gasteiger charge is 2.37. The van der Waals surface area contributed by atoms with Crippen LogP contribution >= 0.6 is 0 Å². The minimum absolute atomic E-state index is 0.0716. The number of benzene rings is 2. The summed E-state index contributed by atoms with van der Waals surface area (Å²) in [7, 11) is 3.05. The molecule has 1 aliphatic heterocycles. The van der Waals surface area contributed by atoms with Gasteiger partial charge < -0.3 is 25.1 Å². The molecule has 0 aliphatic carbocycles. The predicted molar refractivity (Wildman–Crippen MR) is 123 cm³/mol. The van der Waals surface area contributed by atoms with Crippen molar-refractivity contribution in [3.63, 3.8) is 0 Å². The van der Waals surface area contributed by atoms with Crippen molar-refractivity contribution < 1.29 is 23.9 Å². The summed E-state index contributed by atoms with van der Waals surface area (Å²) >= 11 is 0. The van der Waals surface area contributed by atoms with Crippen molar-refractivity contribution in [1.82, 2.24) is 15.2 Å². The molecule has 0 radical (unpaired) electrons. The second-order valence-electron chi connectivity index (χ2n) is 7.75. The van der Waals surface area contributed by atoms with Gasteiger partial charge in [0, 0.05) is 36.1 Å². The van der Waals surface area contributed by atoms with Crippen molar-refractivity contribution >= 4 is 34.4 Å². The zero-order valence-electron chi connectivity index (χ0n) is 18.5. The highest BCUT2D eigenvalue weighted by atomic mass is 16.5. The number of hydrogen-bond acceptors (Lipinski definition) is 5. The molecule has 1 saturated heterocycles. The Bertz CT molecular complexity index is 1190. The molecule has 1 aromatic heterocycles. The molecule has 0 saturated carbocycles. The van der Waals surface area contributed by atoms with Gasteiger partial charge in [0.15, 0.2) is 0 Å². The molecule has 3 aromatic rings. The number of aromatic amines is 1. The molecule has 1 aliphatic rings.